The fourth-order valence-corrected chi connectivity index (χ4v) is 3.22. The lowest BCUT2D eigenvalue weighted by Gasteiger charge is -2.12. The summed E-state index contributed by atoms with van der Waals surface area (Å²) in [5.74, 6) is 0.621. The number of nitrogens with zero attached hydrogens (tertiary/aromatic N) is 1. The first-order chi connectivity index (χ1) is 7.65. The third-order valence-electron chi connectivity index (χ3n) is 3.87. The predicted octanol–water partition coefficient (Wildman–Crippen LogP) is 3.88. The quantitative estimate of drug-likeness (QED) is 0.600. The maximum atomic E-state index is 8.81. The summed E-state index contributed by atoms with van der Waals surface area (Å²) in [5.41, 5.74) is 2.31. The first kappa shape index (κ1) is 10.4. The van der Waals surface area contributed by atoms with Crippen molar-refractivity contribution in [2.75, 3.05) is 0 Å². The van der Waals surface area contributed by atoms with Crippen molar-refractivity contribution >= 4 is 28.9 Å². The van der Waals surface area contributed by atoms with Crippen LogP contribution < -0.4 is 0 Å². The number of halogens is 2. The lowest BCUT2D eigenvalue weighted by Crippen LogP contribution is -2.07. The van der Waals surface area contributed by atoms with Gasteiger partial charge in [0.2, 0.25) is 0 Å². The standard InChI is InChI=1S/C12H11Cl2NO/c13-10-2-1-7(4-11(10)14)12-5-8(12)3-9(6-12)15-16/h1-2,4,8,16H,3,5-6H2. The monoisotopic (exact) mass is 255 g/mol. The van der Waals surface area contributed by atoms with E-state index in [0.29, 0.717) is 16.0 Å². The van der Waals surface area contributed by atoms with Crippen LogP contribution in [0.3, 0.4) is 0 Å². The molecule has 2 aliphatic rings. The minimum Gasteiger partial charge on any atom is -0.411 e. The van der Waals surface area contributed by atoms with Crippen LogP contribution in [-0.2, 0) is 5.41 Å². The number of rotatable bonds is 1. The lowest BCUT2D eigenvalue weighted by molar-refractivity contribution is 0.316. The highest BCUT2D eigenvalue weighted by Gasteiger charge is 2.60. The van der Waals surface area contributed by atoms with Crippen LogP contribution in [-0.4, -0.2) is 10.9 Å². The fourth-order valence-electron chi connectivity index (χ4n) is 2.92. The van der Waals surface area contributed by atoms with Gasteiger partial charge in [0.05, 0.1) is 15.8 Å². The van der Waals surface area contributed by atoms with Crippen LogP contribution in [0.5, 0.6) is 0 Å². The molecule has 0 spiro atoms. The zero-order valence-corrected chi connectivity index (χ0v) is 10.1. The molecule has 2 unspecified atom stereocenters. The Hall–Kier alpha value is -0.730. The molecule has 2 aliphatic carbocycles. The van der Waals surface area contributed by atoms with Gasteiger partial charge in [-0.2, -0.15) is 0 Å². The van der Waals surface area contributed by atoms with Gasteiger partial charge in [-0.3, -0.25) is 0 Å². The Morgan fingerprint density at radius 2 is 2.12 bits per heavy atom. The normalized spacial score (nSPS) is 34.1. The second-order valence-corrected chi connectivity index (χ2v) is 5.55. The van der Waals surface area contributed by atoms with Crippen molar-refractivity contribution in [3.63, 3.8) is 0 Å². The van der Waals surface area contributed by atoms with Gasteiger partial charge in [0.15, 0.2) is 0 Å². The van der Waals surface area contributed by atoms with Gasteiger partial charge in [-0.25, -0.2) is 0 Å². The third kappa shape index (κ3) is 1.36. The van der Waals surface area contributed by atoms with Crippen LogP contribution >= 0.6 is 23.2 Å². The van der Waals surface area contributed by atoms with Crippen molar-refractivity contribution in [2.24, 2.45) is 11.1 Å². The van der Waals surface area contributed by atoms with Crippen LogP contribution in [0.2, 0.25) is 10.0 Å². The zero-order chi connectivity index (χ0) is 11.3. The Kier molecular flexibility index (Phi) is 2.20. The maximum absolute atomic E-state index is 8.81. The van der Waals surface area contributed by atoms with Crippen LogP contribution in [0, 0.1) is 5.92 Å². The van der Waals surface area contributed by atoms with Crippen LogP contribution in [0.25, 0.3) is 0 Å². The minimum absolute atomic E-state index is 0.176. The van der Waals surface area contributed by atoms with E-state index in [2.05, 4.69) is 5.16 Å². The van der Waals surface area contributed by atoms with Gasteiger partial charge < -0.3 is 5.21 Å². The van der Waals surface area contributed by atoms with Crippen molar-refractivity contribution < 1.29 is 5.21 Å². The van der Waals surface area contributed by atoms with Crippen molar-refractivity contribution in [1.82, 2.24) is 0 Å². The molecule has 0 aromatic heterocycles. The molecule has 1 aromatic rings. The highest BCUT2D eigenvalue weighted by molar-refractivity contribution is 6.42. The molecular weight excluding hydrogens is 245 g/mol. The summed E-state index contributed by atoms with van der Waals surface area (Å²) in [5, 5.41) is 13.3. The fraction of sp³-hybridized carbons (Fsp3) is 0.417. The molecule has 1 N–H and O–H groups in total. The summed E-state index contributed by atoms with van der Waals surface area (Å²) >= 11 is 11.9. The molecule has 84 valence electrons. The Morgan fingerprint density at radius 1 is 1.31 bits per heavy atom. The Morgan fingerprint density at radius 3 is 2.75 bits per heavy atom. The molecule has 0 bridgehead atoms. The van der Waals surface area contributed by atoms with E-state index in [4.69, 9.17) is 28.4 Å². The molecule has 0 amide bonds. The molecule has 2 fully saturated rings. The molecule has 2 saturated carbocycles. The number of hydrogen-bond donors (Lipinski definition) is 1. The molecule has 0 radical (unpaired) electrons. The SMILES string of the molecule is ON=C1CC2CC2(c2ccc(Cl)c(Cl)c2)C1. The first-order valence-electron chi connectivity index (χ1n) is 5.31. The van der Waals surface area contributed by atoms with E-state index in [1.165, 1.54) is 12.0 Å². The van der Waals surface area contributed by atoms with E-state index in [1.807, 2.05) is 18.2 Å². The summed E-state index contributed by atoms with van der Waals surface area (Å²) in [4.78, 5) is 0. The Bertz CT molecular complexity index is 486. The van der Waals surface area contributed by atoms with E-state index in [0.717, 1.165) is 18.6 Å². The number of oxime groups is 1. The number of fused-ring (bicyclic) bond motifs is 1. The second-order valence-electron chi connectivity index (χ2n) is 4.73. The molecule has 0 heterocycles. The average molecular weight is 256 g/mol. The van der Waals surface area contributed by atoms with E-state index >= 15 is 0 Å². The predicted molar refractivity (Wildman–Crippen MR) is 64.7 cm³/mol. The summed E-state index contributed by atoms with van der Waals surface area (Å²) in [6, 6.07) is 5.83. The molecule has 0 aliphatic heterocycles. The largest absolute Gasteiger partial charge is 0.411 e. The molecule has 3 rings (SSSR count). The summed E-state index contributed by atoms with van der Waals surface area (Å²) in [7, 11) is 0. The van der Waals surface area contributed by atoms with Crippen LogP contribution in [0.4, 0.5) is 0 Å². The second kappa shape index (κ2) is 3.38. The minimum atomic E-state index is 0.176. The molecule has 2 atom stereocenters. The molecule has 4 heteroatoms. The topological polar surface area (TPSA) is 32.6 Å². The van der Waals surface area contributed by atoms with Gasteiger partial charge in [0, 0.05) is 5.41 Å². The van der Waals surface area contributed by atoms with E-state index < -0.39 is 0 Å². The molecule has 2 nitrogen and oxygen atoms in total. The smallest absolute Gasteiger partial charge is 0.0595 e. The van der Waals surface area contributed by atoms with Crippen molar-refractivity contribution in [3.05, 3.63) is 33.8 Å². The average Bonchev–Trinajstić information content (AvgIpc) is 2.86. The maximum Gasteiger partial charge on any atom is 0.0595 e. The molecular formula is C12H11Cl2NO. The van der Waals surface area contributed by atoms with Crippen molar-refractivity contribution in [3.8, 4) is 0 Å². The first-order valence-corrected chi connectivity index (χ1v) is 6.06. The molecule has 0 saturated heterocycles. The zero-order valence-electron chi connectivity index (χ0n) is 8.58. The van der Waals surface area contributed by atoms with Crippen LogP contribution in [0.1, 0.15) is 24.8 Å². The van der Waals surface area contributed by atoms with Gasteiger partial charge in [-0.15, -0.1) is 0 Å². The molecule has 1 aromatic carbocycles. The summed E-state index contributed by atoms with van der Waals surface area (Å²) in [6.45, 7) is 0. The number of benzene rings is 1. The Labute approximate surface area is 104 Å². The lowest BCUT2D eigenvalue weighted by atomic mass is 9.93. The molecule has 16 heavy (non-hydrogen) atoms. The van der Waals surface area contributed by atoms with Crippen molar-refractivity contribution in [2.45, 2.75) is 24.7 Å². The summed E-state index contributed by atoms with van der Waals surface area (Å²) < 4.78 is 0. The third-order valence-corrected chi connectivity index (χ3v) is 4.61. The van der Waals surface area contributed by atoms with Gasteiger partial charge in [-0.05, 0) is 42.9 Å². The van der Waals surface area contributed by atoms with Gasteiger partial charge in [0.25, 0.3) is 0 Å². The Balaban J connectivity index is 1.97. The van der Waals surface area contributed by atoms with Gasteiger partial charge in [-0.1, -0.05) is 34.4 Å². The summed E-state index contributed by atoms with van der Waals surface area (Å²) in [6.07, 6.45) is 2.94. The van der Waals surface area contributed by atoms with E-state index in [1.54, 1.807) is 0 Å². The van der Waals surface area contributed by atoms with E-state index in [-0.39, 0.29) is 5.41 Å². The van der Waals surface area contributed by atoms with E-state index in [9.17, 15) is 0 Å². The highest BCUT2D eigenvalue weighted by atomic mass is 35.5. The van der Waals surface area contributed by atoms with Crippen molar-refractivity contribution in [1.29, 1.82) is 0 Å². The van der Waals surface area contributed by atoms with Gasteiger partial charge >= 0.3 is 0 Å². The highest BCUT2D eigenvalue weighted by Crippen LogP contribution is 2.63. The van der Waals surface area contributed by atoms with Gasteiger partial charge in [0.1, 0.15) is 0 Å². The van der Waals surface area contributed by atoms with Crippen LogP contribution in [0.15, 0.2) is 23.4 Å². The number of hydrogen-bond acceptors (Lipinski definition) is 2.